The monoisotopic (exact) mass is 268 g/mol. The van der Waals surface area contributed by atoms with Crippen molar-refractivity contribution in [1.29, 1.82) is 0 Å². The molecule has 1 aromatic carbocycles. The molecule has 1 fully saturated rings. The molecule has 0 saturated carbocycles. The van der Waals surface area contributed by atoms with E-state index in [0.717, 1.165) is 19.5 Å². The van der Waals surface area contributed by atoms with Crippen LogP contribution < -0.4 is 5.73 Å². The predicted molar refractivity (Wildman–Crippen MR) is 77.0 cm³/mol. The SMILES string of the molecule is CC(C)C1CCN(C(=O)c2cccc(N)c2)C1.Cl. The van der Waals surface area contributed by atoms with Gasteiger partial charge in [-0.25, -0.2) is 0 Å². The molecule has 100 valence electrons. The molecule has 3 nitrogen and oxygen atoms in total. The Morgan fingerprint density at radius 2 is 2.17 bits per heavy atom. The second kappa shape index (κ2) is 6.10. The second-order valence-corrected chi connectivity index (χ2v) is 5.17. The molecule has 1 amide bonds. The molecule has 2 N–H and O–H groups in total. The molecule has 0 spiro atoms. The van der Waals surface area contributed by atoms with Crippen LogP contribution >= 0.6 is 12.4 Å². The van der Waals surface area contributed by atoms with E-state index in [1.165, 1.54) is 0 Å². The third-order valence-electron chi connectivity index (χ3n) is 3.59. The Morgan fingerprint density at radius 3 is 2.72 bits per heavy atom. The third kappa shape index (κ3) is 3.16. The number of rotatable bonds is 2. The van der Waals surface area contributed by atoms with Crippen LogP contribution in [0, 0.1) is 11.8 Å². The van der Waals surface area contributed by atoms with Crippen molar-refractivity contribution in [3.8, 4) is 0 Å². The number of carbonyl (C=O) groups is 1. The standard InChI is InChI=1S/C14H20N2O.ClH/c1-10(2)12-6-7-16(9-12)14(17)11-4-3-5-13(15)8-11;/h3-5,8,10,12H,6-7,9,15H2,1-2H3;1H. The summed E-state index contributed by atoms with van der Waals surface area (Å²) in [5.74, 6) is 1.40. The lowest BCUT2D eigenvalue weighted by atomic mass is 9.95. The number of likely N-dealkylation sites (tertiary alicyclic amines) is 1. The van der Waals surface area contributed by atoms with Gasteiger partial charge in [0.25, 0.3) is 5.91 Å². The molecule has 1 aliphatic heterocycles. The zero-order valence-electron chi connectivity index (χ0n) is 10.9. The first-order valence-electron chi connectivity index (χ1n) is 6.22. The number of nitrogens with two attached hydrogens (primary N) is 1. The van der Waals surface area contributed by atoms with Gasteiger partial charge in [0.05, 0.1) is 0 Å². The average Bonchev–Trinajstić information content (AvgIpc) is 2.77. The molecule has 2 rings (SSSR count). The molecule has 0 aromatic heterocycles. The van der Waals surface area contributed by atoms with Crippen molar-refractivity contribution in [2.24, 2.45) is 11.8 Å². The van der Waals surface area contributed by atoms with Gasteiger partial charge in [0.1, 0.15) is 0 Å². The fourth-order valence-electron chi connectivity index (χ4n) is 2.37. The van der Waals surface area contributed by atoms with E-state index in [2.05, 4.69) is 13.8 Å². The quantitative estimate of drug-likeness (QED) is 0.839. The highest BCUT2D eigenvalue weighted by Gasteiger charge is 2.28. The maximum atomic E-state index is 12.2. The van der Waals surface area contributed by atoms with Gasteiger partial charge < -0.3 is 10.6 Å². The van der Waals surface area contributed by atoms with E-state index in [9.17, 15) is 4.79 Å². The number of halogens is 1. The van der Waals surface area contributed by atoms with Gasteiger partial charge in [0, 0.05) is 24.3 Å². The molecule has 1 aromatic rings. The fraction of sp³-hybridized carbons (Fsp3) is 0.500. The van der Waals surface area contributed by atoms with Crippen LogP contribution in [0.15, 0.2) is 24.3 Å². The smallest absolute Gasteiger partial charge is 0.253 e. The largest absolute Gasteiger partial charge is 0.399 e. The van der Waals surface area contributed by atoms with E-state index in [4.69, 9.17) is 5.73 Å². The fourth-order valence-corrected chi connectivity index (χ4v) is 2.37. The maximum absolute atomic E-state index is 12.2. The number of nitrogen functional groups attached to an aromatic ring is 1. The van der Waals surface area contributed by atoms with Crippen LogP contribution in [-0.4, -0.2) is 23.9 Å². The minimum absolute atomic E-state index is 0. The van der Waals surface area contributed by atoms with Crippen LogP contribution in [0.4, 0.5) is 5.69 Å². The number of hydrogen-bond donors (Lipinski definition) is 1. The lowest BCUT2D eigenvalue weighted by Crippen LogP contribution is -2.29. The van der Waals surface area contributed by atoms with Crippen LogP contribution in [-0.2, 0) is 0 Å². The maximum Gasteiger partial charge on any atom is 0.253 e. The molecule has 1 saturated heterocycles. The zero-order chi connectivity index (χ0) is 12.4. The van der Waals surface area contributed by atoms with Gasteiger partial charge >= 0.3 is 0 Å². The minimum Gasteiger partial charge on any atom is -0.399 e. The number of nitrogens with zero attached hydrogens (tertiary/aromatic N) is 1. The van der Waals surface area contributed by atoms with Crippen molar-refractivity contribution >= 4 is 24.0 Å². The third-order valence-corrected chi connectivity index (χ3v) is 3.59. The molecule has 1 heterocycles. The predicted octanol–water partition coefficient (Wildman–Crippen LogP) is 2.81. The van der Waals surface area contributed by atoms with Crippen molar-refractivity contribution < 1.29 is 4.79 Å². The first-order valence-corrected chi connectivity index (χ1v) is 6.22. The summed E-state index contributed by atoms with van der Waals surface area (Å²) in [6.45, 7) is 6.19. The summed E-state index contributed by atoms with van der Waals surface area (Å²) < 4.78 is 0. The Labute approximate surface area is 115 Å². The molecule has 0 radical (unpaired) electrons. The van der Waals surface area contributed by atoms with Crippen molar-refractivity contribution in [3.05, 3.63) is 29.8 Å². The summed E-state index contributed by atoms with van der Waals surface area (Å²) in [5.41, 5.74) is 7.05. The van der Waals surface area contributed by atoms with E-state index >= 15 is 0 Å². The molecular formula is C14H21ClN2O. The van der Waals surface area contributed by atoms with E-state index in [0.29, 0.717) is 23.1 Å². The van der Waals surface area contributed by atoms with Gasteiger partial charge in [-0.15, -0.1) is 12.4 Å². The topological polar surface area (TPSA) is 46.3 Å². The van der Waals surface area contributed by atoms with Gasteiger partial charge in [0.15, 0.2) is 0 Å². The molecule has 1 aliphatic rings. The number of benzene rings is 1. The van der Waals surface area contributed by atoms with Gasteiger partial charge in [-0.05, 0) is 36.5 Å². The summed E-state index contributed by atoms with van der Waals surface area (Å²) in [6, 6.07) is 7.22. The normalized spacial score (nSPS) is 18.8. The summed E-state index contributed by atoms with van der Waals surface area (Å²) in [5, 5.41) is 0. The Hall–Kier alpha value is -1.22. The van der Waals surface area contributed by atoms with Gasteiger partial charge in [-0.2, -0.15) is 0 Å². The minimum atomic E-state index is 0. The number of carbonyl (C=O) groups excluding carboxylic acids is 1. The molecule has 4 heteroatoms. The van der Waals surface area contributed by atoms with E-state index in [1.54, 1.807) is 12.1 Å². The molecule has 0 bridgehead atoms. The van der Waals surface area contributed by atoms with E-state index in [-0.39, 0.29) is 18.3 Å². The van der Waals surface area contributed by atoms with Crippen LogP contribution in [0.5, 0.6) is 0 Å². The van der Waals surface area contributed by atoms with Crippen LogP contribution in [0.25, 0.3) is 0 Å². The Morgan fingerprint density at radius 1 is 1.44 bits per heavy atom. The van der Waals surface area contributed by atoms with Crippen LogP contribution in [0.2, 0.25) is 0 Å². The first kappa shape index (κ1) is 14.8. The second-order valence-electron chi connectivity index (χ2n) is 5.17. The van der Waals surface area contributed by atoms with Gasteiger partial charge in [-0.3, -0.25) is 4.79 Å². The first-order chi connectivity index (χ1) is 8.08. The van der Waals surface area contributed by atoms with Crippen molar-refractivity contribution in [3.63, 3.8) is 0 Å². The lowest BCUT2D eigenvalue weighted by Gasteiger charge is -2.18. The zero-order valence-corrected chi connectivity index (χ0v) is 11.7. The van der Waals surface area contributed by atoms with Gasteiger partial charge in [-0.1, -0.05) is 19.9 Å². The van der Waals surface area contributed by atoms with Crippen molar-refractivity contribution in [2.45, 2.75) is 20.3 Å². The lowest BCUT2D eigenvalue weighted by molar-refractivity contribution is 0.0784. The number of hydrogen-bond acceptors (Lipinski definition) is 2. The Balaban J connectivity index is 0.00000162. The number of amides is 1. The Bertz CT molecular complexity index is 420. The van der Waals surface area contributed by atoms with Crippen LogP contribution in [0.3, 0.4) is 0 Å². The van der Waals surface area contributed by atoms with E-state index < -0.39 is 0 Å². The average molecular weight is 269 g/mol. The molecular weight excluding hydrogens is 248 g/mol. The van der Waals surface area contributed by atoms with Crippen molar-refractivity contribution in [1.82, 2.24) is 4.90 Å². The highest BCUT2D eigenvalue weighted by atomic mass is 35.5. The van der Waals surface area contributed by atoms with Crippen LogP contribution in [0.1, 0.15) is 30.6 Å². The molecule has 18 heavy (non-hydrogen) atoms. The highest BCUT2D eigenvalue weighted by Crippen LogP contribution is 2.25. The molecule has 1 unspecified atom stereocenters. The Kier molecular flexibility index (Phi) is 5.03. The van der Waals surface area contributed by atoms with E-state index in [1.807, 2.05) is 17.0 Å². The summed E-state index contributed by atoms with van der Waals surface area (Å²) in [4.78, 5) is 14.2. The summed E-state index contributed by atoms with van der Waals surface area (Å²) in [7, 11) is 0. The highest BCUT2D eigenvalue weighted by molar-refractivity contribution is 5.95. The van der Waals surface area contributed by atoms with Gasteiger partial charge in [0.2, 0.25) is 0 Å². The summed E-state index contributed by atoms with van der Waals surface area (Å²) in [6.07, 6.45) is 1.12. The van der Waals surface area contributed by atoms with Crippen molar-refractivity contribution in [2.75, 3.05) is 18.8 Å². The number of anilines is 1. The molecule has 1 atom stereocenters. The molecule has 0 aliphatic carbocycles. The summed E-state index contributed by atoms with van der Waals surface area (Å²) >= 11 is 0.